The molecular weight excluding hydrogens is 192 g/mol. The molecule has 0 aromatic heterocycles. The third kappa shape index (κ3) is 4.22. The molecule has 0 aliphatic carbocycles. The molecule has 1 aromatic carbocycles. The van der Waals surface area contributed by atoms with Crippen LogP contribution in [0.4, 0.5) is 0 Å². The van der Waals surface area contributed by atoms with Gasteiger partial charge in [-0.2, -0.15) is 0 Å². The first-order chi connectivity index (χ1) is 7.22. The quantitative estimate of drug-likeness (QED) is 0.745. The van der Waals surface area contributed by atoms with Gasteiger partial charge in [-0.05, 0) is 11.1 Å². The van der Waals surface area contributed by atoms with Crippen LogP contribution in [0, 0.1) is 0 Å². The van der Waals surface area contributed by atoms with Gasteiger partial charge in [-0.15, -0.1) is 0 Å². The molecule has 3 heteroatoms. The summed E-state index contributed by atoms with van der Waals surface area (Å²) in [5, 5.41) is 8.56. The van der Waals surface area contributed by atoms with Crippen molar-refractivity contribution < 1.29 is 14.7 Å². The van der Waals surface area contributed by atoms with E-state index in [1.54, 1.807) is 18.2 Å². The van der Waals surface area contributed by atoms with E-state index >= 15 is 0 Å². The molecule has 3 nitrogen and oxygen atoms in total. The Bertz CT molecular complexity index is 363. The van der Waals surface area contributed by atoms with Crippen molar-refractivity contribution in [2.45, 2.75) is 12.8 Å². The maximum atomic E-state index is 10.4. The lowest BCUT2D eigenvalue weighted by Gasteiger charge is -1.97. The monoisotopic (exact) mass is 204 g/mol. The molecule has 0 aliphatic rings. The van der Waals surface area contributed by atoms with Crippen LogP contribution in [-0.2, 0) is 16.0 Å². The van der Waals surface area contributed by atoms with Gasteiger partial charge in [0.2, 0.25) is 0 Å². The van der Waals surface area contributed by atoms with E-state index < -0.39 is 5.97 Å². The molecular formula is C12H12O3. The SMILES string of the molecule is O=CCC=Cc1ccc(CC(=O)O)cc1. The van der Waals surface area contributed by atoms with Crippen molar-refractivity contribution in [3.63, 3.8) is 0 Å². The fraction of sp³-hybridized carbons (Fsp3) is 0.167. The highest BCUT2D eigenvalue weighted by Gasteiger charge is 1.98. The van der Waals surface area contributed by atoms with Gasteiger partial charge in [-0.3, -0.25) is 4.79 Å². The Balaban J connectivity index is 2.63. The predicted molar refractivity (Wildman–Crippen MR) is 57.5 cm³/mol. The Labute approximate surface area is 88.0 Å². The second kappa shape index (κ2) is 5.75. The minimum atomic E-state index is -0.834. The molecule has 0 spiro atoms. The van der Waals surface area contributed by atoms with Crippen molar-refractivity contribution in [3.05, 3.63) is 41.5 Å². The maximum absolute atomic E-state index is 10.4. The van der Waals surface area contributed by atoms with E-state index in [1.807, 2.05) is 18.2 Å². The summed E-state index contributed by atoms with van der Waals surface area (Å²) in [4.78, 5) is 20.5. The maximum Gasteiger partial charge on any atom is 0.307 e. The van der Waals surface area contributed by atoms with Gasteiger partial charge in [0, 0.05) is 6.42 Å². The summed E-state index contributed by atoms with van der Waals surface area (Å²) >= 11 is 0. The molecule has 1 aromatic rings. The van der Waals surface area contributed by atoms with Crippen molar-refractivity contribution in [1.82, 2.24) is 0 Å². The highest BCUT2D eigenvalue weighted by atomic mass is 16.4. The lowest BCUT2D eigenvalue weighted by atomic mass is 10.1. The Morgan fingerprint density at radius 3 is 2.47 bits per heavy atom. The Kier molecular flexibility index (Phi) is 4.29. The van der Waals surface area contributed by atoms with Gasteiger partial charge in [0.1, 0.15) is 6.29 Å². The van der Waals surface area contributed by atoms with Crippen LogP contribution in [0.3, 0.4) is 0 Å². The van der Waals surface area contributed by atoms with Gasteiger partial charge < -0.3 is 9.90 Å². The predicted octanol–water partition coefficient (Wildman–Crippen LogP) is 1.92. The standard InChI is InChI=1S/C12H12O3/c13-8-2-1-3-10-4-6-11(7-5-10)9-12(14)15/h1,3-8H,2,9H2,(H,14,15). The van der Waals surface area contributed by atoms with Crippen LogP contribution in [0.25, 0.3) is 6.08 Å². The fourth-order valence-corrected chi connectivity index (χ4v) is 1.18. The molecule has 0 amide bonds. The Morgan fingerprint density at radius 1 is 1.27 bits per heavy atom. The second-order valence-electron chi connectivity index (χ2n) is 3.12. The summed E-state index contributed by atoms with van der Waals surface area (Å²) in [7, 11) is 0. The van der Waals surface area contributed by atoms with Crippen molar-refractivity contribution >= 4 is 18.3 Å². The summed E-state index contributed by atoms with van der Waals surface area (Å²) in [5.74, 6) is -0.834. The van der Waals surface area contributed by atoms with Gasteiger partial charge >= 0.3 is 5.97 Å². The molecule has 0 radical (unpaired) electrons. The van der Waals surface area contributed by atoms with Crippen molar-refractivity contribution in [2.24, 2.45) is 0 Å². The number of aldehydes is 1. The first kappa shape index (κ1) is 11.2. The van der Waals surface area contributed by atoms with Crippen LogP contribution in [0.1, 0.15) is 17.5 Å². The average Bonchev–Trinajstić information content (AvgIpc) is 2.20. The summed E-state index contributed by atoms with van der Waals surface area (Å²) in [6.45, 7) is 0. The van der Waals surface area contributed by atoms with Crippen molar-refractivity contribution in [2.75, 3.05) is 0 Å². The smallest absolute Gasteiger partial charge is 0.307 e. The fourth-order valence-electron chi connectivity index (χ4n) is 1.18. The summed E-state index contributed by atoms with van der Waals surface area (Å²) < 4.78 is 0. The largest absolute Gasteiger partial charge is 0.481 e. The van der Waals surface area contributed by atoms with Crippen LogP contribution in [0.5, 0.6) is 0 Å². The number of carboxylic acids is 1. The lowest BCUT2D eigenvalue weighted by Crippen LogP contribution is -1.99. The minimum Gasteiger partial charge on any atom is -0.481 e. The Morgan fingerprint density at radius 2 is 1.93 bits per heavy atom. The third-order valence-corrected chi connectivity index (χ3v) is 1.88. The van der Waals surface area contributed by atoms with Crippen molar-refractivity contribution in [1.29, 1.82) is 0 Å². The van der Waals surface area contributed by atoms with E-state index in [-0.39, 0.29) is 6.42 Å². The number of carboxylic acid groups (broad SMARTS) is 1. The van der Waals surface area contributed by atoms with Gasteiger partial charge in [0.05, 0.1) is 6.42 Å². The third-order valence-electron chi connectivity index (χ3n) is 1.88. The summed E-state index contributed by atoms with van der Waals surface area (Å²) in [6.07, 6.45) is 4.86. The minimum absolute atomic E-state index is 0.0400. The number of hydrogen-bond donors (Lipinski definition) is 1. The number of hydrogen-bond acceptors (Lipinski definition) is 2. The van der Waals surface area contributed by atoms with E-state index in [2.05, 4.69) is 0 Å². The molecule has 0 unspecified atom stereocenters. The van der Waals surface area contributed by atoms with E-state index in [1.165, 1.54) is 0 Å². The second-order valence-corrected chi connectivity index (χ2v) is 3.12. The van der Waals surface area contributed by atoms with Gasteiger partial charge in [-0.1, -0.05) is 36.4 Å². The molecule has 0 saturated carbocycles. The number of benzene rings is 1. The van der Waals surface area contributed by atoms with Crippen LogP contribution < -0.4 is 0 Å². The molecule has 0 bridgehead atoms. The number of aliphatic carboxylic acids is 1. The molecule has 78 valence electrons. The van der Waals surface area contributed by atoms with Gasteiger partial charge in [-0.25, -0.2) is 0 Å². The first-order valence-electron chi connectivity index (χ1n) is 4.63. The molecule has 15 heavy (non-hydrogen) atoms. The molecule has 0 fully saturated rings. The first-order valence-corrected chi connectivity index (χ1v) is 4.63. The number of carbonyl (C=O) groups is 2. The highest BCUT2D eigenvalue weighted by Crippen LogP contribution is 2.07. The summed E-state index contributed by atoms with van der Waals surface area (Å²) in [5.41, 5.74) is 1.74. The highest BCUT2D eigenvalue weighted by molar-refractivity contribution is 5.70. The van der Waals surface area contributed by atoms with Gasteiger partial charge in [0.25, 0.3) is 0 Å². The van der Waals surface area contributed by atoms with E-state index in [4.69, 9.17) is 5.11 Å². The van der Waals surface area contributed by atoms with E-state index in [0.717, 1.165) is 17.4 Å². The van der Waals surface area contributed by atoms with E-state index in [0.29, 0.717) is 6.42 Å². The Hall–Kier alpha value is -1.90. The zero-order valence-corrected chi connectivity index (χ0v) is 8.22. The van der Waals surface area contributed by atoms with Crippen molar-refractivity contribution in [3.8, 4) is 0 Å². The van der Waals surface area contributed by atoms with E-state index in [9.17, 15) is 9.59 Å². The zero-order valence-electron chi connectivity index (χ0n) is 8.22. The molecule has 0 atom stereocenters. The zero-order chi connectivity index (χ0) is 11.1. The normalized spacial score (nSPS) is 10.4. The van der Waals surface area contributed by atoms with Gasteiger partial charge in [0.15, 0.2) is 0 Å². The number of rotatable bonds is 5. The topological polar surface area (TPSA) is 54.4 Å². The lowest BCUT2D eigenvalue weighted by molar-refractivity contribution is -0.136. The van der Waals surface area contributed by atoms with Crippen LogP contribution in [0.15, 0.2) is 30.3 Å². The average molecular weight is 204 g/mol. The molecule has 0 aliphatic heterocycles. The van der Waals surface area contributed by atoms with Crippen LogP contribution in [-0.4, -0.2) is 17.4 Å². The molecule has 0 saturated heterocycles. The van der Waals surface area contributed by atoms with Crippen LogP contribution >= 0.6 is 0 Å². The summed E-state index contributed by atoms with van der Waals surface area (Å²) in [6, 6.07) is 7.21. The molecule has 0 heterocycles. The number of carbonyl (C=O) groups excluding carboxylic acids is 1. The number of allylic oxidation sites excluding steroid dienone is 1. The molecule has 1 rings (SSSR count). The molecule has 1 N–H and O–H groups in total. The van der Waals surface area contributed by atoms with Crippen LogP contribution in [0.2, 0.25) is 0 Å².